The summed E-state index contributed by atoms with van der Waals surface area (Å²) in [7, 11) is 1.16. The lowest BCUT2D eigenvalue weighted by atomic mass is 9.93. The Morgan fingerprint density at radius 1 is 1.52 bits per heavy atom. The standard InChI is InChI=1S/C12H15N5O4/c1-21-12(4-13,5-18)10(20)9(19)7-2-3-8-11(14)15-6-16-17(7)8/h2-3,6,9-10,18-20H,5H2,1H3,(H2,14,15,16)/t9-,10-,12+/m0/s1. The third kappa shape index (κ3) is 2.30. The number of rotatable bonds is 5. The zero-order valence-electron chi connectivity index (χ0n) is 11.2. The molecule has 9 heteroatoms. The molecule has 0 aliphatic carbocycles. The van der Waals surface area contributed by atoms with Gasteiger partial charge in [-0.15, -0.1) is 0 Å². The fourth-order valence-corrected chi connectivity index (χ4v) is 2.04. The lowest BCUT2D eigenvalue weighted by Gasteiger charge is -2.31. The van der Waals surface area contributed by atoms with Crippen LogP contribution in [-0.4, -0.2) is 55.3 Å². The van der Waals surface area contributed by atoms with Crippen LogP contribution in [0.4, 0.5) is 5.82 Å². The van der Waals surface area contributed by atoms with Gasteiger partial charge < -0.3 is 25.8 Å². The molecule has 2 heterocycles. The molecule has 0 saturated carbocycles. The van der Waals surface area contributed by atoms with Gasteiger partial charge in [-0.3, -0.25) is 0 Å². The normalized spacial score (nSPS) is 17.1. The van der Waals surface area contributed by atoms with Crippen LogP contribution >= 0.6 is 0 Å². The number of methoxy groups -OCH3 is 1. The first-order valence-corrected chi connectivity index (χ1v) is 6.02. The number of fused-ring (bicyclic) bond motifs is 1. The van der Waals surface area contributed by atoms with Crippen LogP contribution in [0.3, 0.4) is 0 Å². The van der Waals surface area contributed by atoms with Gasteiger partial charge >= 0.3 is 0 Å². The predicted molar refractivity (Wildman–Crippen MR) is 70.8 cm³/mol. The van der Waals surface area contributed by atoms with Crippen molar-refractivity contribution in [2.45, 2.75) is 17.8 Å². The number of aliphatic hydroxyl groups is 3. The summed E-state index contributed by atoms with van der Waals surface area (Å²) in [6, 6.07) is 4.73. The monoisotopic (exact) mass is 293 g/mol. The van der Waals surface area contributed by atoms with Gasteiger partial charge in [0.05, 0.1) is 12.3 Å². The minimum absolute atomic E-state index is 0.191. The molecular weight excluding hydrogens is 278 g/mol. The molecule has 0 aliphatic rings. The molecule has 0 bridgehead atoms. The summed E-state index contributed by atoms with van der Waals surface area (Å²) in [5, 5.41) is 42.8. The number of nitrogens with two attached hydrogens (primary N) is 1. The van der Waals surface area contributed by atoms with Crippen LogP contribution in [0.2, 0.25) is 0 Å². The van der Waals surface area contributed by atoms with E-state index in [2.05, 4.69) is 10.1 Å². The van der Waals surface area contributed by atoms with E-state index in [1.54, 1.807) is 12.1 Å². The van der Waals surface area contributed by atoms with Crippen LogP contribution in [0.25, 0.3) is 5.52 Å². The smallest absolute Gasteiger partial charge is 0.205 e. The molecule has 112 valence electrons. The summed E-state index contributed by atoms with van der Waals surface area (Å²) < 4.78 is 6.16. The summed E-state index contributed by atoms with van der Waals surface area (Å²) in [5.41, 5.74) is 4.37. The van der Waals surface area contributed by atoms with E-state index in [0.717, 1.165) is 7.11 Å². The molecule has 0 fully saturated rings. The second-order valence-corrected chi connectivity index (χ2v) is 4.45. The lowest BCUT2D eigenvalue weighted by molar-refractivity contribution is -0.135. The van der Waals surface area contributed by atoms with E-state index >= 15 is 0 Å². The molecule has 2 aromatic heterocycles. The Labute approximate surface area is 119 Å². The van der Waals surface area contributed by atoms with Crippen LogP contribution in [0.1, 0.15) is 11.8 Å². The average Bonchev–Trinajstić information content (AvgIpc) is 2.94. The topological polar surface area (TPSA) is 150 Å². The molecule has 3 atom stereocenters. The molecule has 9 nitrogen and oxygen atoms in total. The van der Waals surface area contributed by atoms with E-state index in [1.807, 2.05) is 0 Å². The minimum Gasteiger partial charge on any atom is -0.392 e. The number of nitriles is 1. The van der Waals surface area contributed by atoms with Crippen LogP contribution < -0.4 is 5.73 Å². The third-order valence-electron chi connectivity index (χ3n) is 3.38. The molecule has 2 aromatic rings. The van der Waals surface area contributed by atoms with E-state index < -0.39 is 24.4 Å². The number of hydrogen-bond acceptors (Lipinski definition) is 8. The van der Waals surface area contributed by atoms with Crippen molar-refractivity contribution in [3.05, 3.63) is 24.2 Å². The number of ether oxygens (including phenoxy) is 1. The number of aliphatic hydroxyl groups excluding tert-OH is 3. The maximum atomic E-state index is 10.3. The maximum absolute atomic E-state index is 10.3. The van der Waals surface area contributed by atoms with Crippen LogP contribution in [-0.2, 0) is 4.74 Å². The molecule has 0 radical (unpaired) electrons. The zero-order valence-corrected chi connectivity index (χ0v) is 11.2. The Bertz CT molecular complexity index is 676. The number of aromatic nitrogens is 3. The Balaban J connectivity index is 2.45. The first-order chi connectivity index (χ1) is 10.0. The summed E-state index contributed by atoms with van der Waals surface area (Å²) >= 11 is 0. The Morgan fingerprint density at radius 2 is 2.24 bits per heavy atom. The van der Waals surface area contributed by atoms with Crippen molar-refractivity contribution in [1.82, 2.24) is 14.6 Å². The van der Waals surface area contributed by atoms with Crippen LogP contribution in [0.5, 0.6) is 0 Å². The van der Waals surface area contributed by atoms with Crippen molar-refractivity contribution in [2.24, 2.45) is 0 Å². The Kier molecular flexibility index (Phi) is 4.06. The second-order valence-electron chi connectivity index (χ2n) is 4.45. The maximum Gasteiger partial charge on any atom is 0.205 e. The van der Waals surface area contributed by atoms with E-state index in [1.165, 1.54) is 16.9 Å². The molecule has 0 saturated heterocycles. The van der Waals surface area contributed by atoms with Crippen molar-refractivity contribution in [3.63, 3.8) is 0 Å². The van der Waals surface area contributed by atoms with Gasteiger partial charge in [0.25, 0.3) is 0 Å². The van der Waals surface area contributed by atoms with Crippen molar-refractivity contribution in [1.29, 1.82) is 5.26 Å². The molecule has 0 aromatic carbocycles. The molecule has 2 rings (SSSR count). The van der Waals surface area contributed by atoms with Gasteiger partial charge in [-0.25, -0.2) is 9.50 Å². The first kappa shape index (κ1) is 15.1. The predicted octanol–water partition coefficient (Wildman–Crippen LogP) is -1.39. The molecule has 5 N–H and O–H groups in total. The number of nitrogen functional groups attached to an aromatic ring is 1. The van der Waals surface area contributed by atoms with E-state index in [4.69, 9.17) is 15.7 Å². The first-order valence-electron chi connectivity index (χ1n) is 6.02. The Hall–Kier alpha value is -2.25. The number of nitrogens with zero attached hydrogens (tertiary/aromatic N) is 4. The van der Waals surface area contributed by atoms with Crippen molar-refractivity contribution >= 4 is 11.3 Å². The lowest BCUT2D eigenvalue weighted by Crippen LogP contribution is -2.49. The second kappa shape index (κ2) is 5.63. The summed E-state index contributed by atoms with van der Waals surface area (Å²) in [4.78, 5) is 3.81. The van der Waals surface area contributed by atoms with Gasteiger partial charge in [0, 0.05) is 7.11 Å². The molecule has 0 spiro atoms. The van der Waals surface area contributed by atoms with Crippen molar-refractivity contribution in [3.8, 4) is 6.07 Å². The van der Waals surface area contributed by atoms with E-state index in [9.17, 15) is 15.3 Å². The van der Waals surface area contributed by atoms with Gasteiger partial charge in [-0.05, 0) is 12.1 Å². The van der Waals surface area contributed by atoms with Crippen LogP contribution in [0.15, 0.2) is 18.5 Å². The third-order valence-corrected chi connectivity index (χ3v) is 3.38. The number of anilines is 1. The molecular formula is C12H15N5O4. The van der Waals surface area contributed by atoms with Crippen molar-refractivity contribution < 1.29 is 20.1 Å². The zero-order chi connectivity index (χ0) is 15.6. The SMILES string of the molecule is CO[C@](C#N)(CO)[C@@H](O)[C@@H](O)c1ccc2c(N)ncnn12. The van der Waals surface area contributed by atoms with Gasteiger partial charge in [0.2, 0.25) is 5.60 Å². The molecule has 0 amide bonds. The van der Waals surface area contributed by atoms with Gasteiger partial charge in [-0.1, -0.05) is 0 Å². The Morgan fingerprint density at radius 3 is 2.81 bits per heavy atom. The average molecular weight is 293 g/mol. The highest BCUT2D eigenvalue weighted by molar-refractivity contribution is 5.65. The van der Waals surface area contributed by atoms with Gasteiger partial charge in [-0.2, -0.15) is 10.4 Å². The summed E-state index contributed by atoms with van der Waals surface area (Å²) in [6.45, 7) is -0.779. The fraction of sp³-hybridized carbons (Fsp3) is 0.417. The fourth-order valence-electron chi connectivity index (χ4n) is 2.04. The molecule has 0 aliphatic heterocycles. The highest BCUT2D eigenvalue weighted by Crippen LogP contribution is 2.28. The summed E-state index contributed by atoms with van der Waals surface area (Å²) in [5.74, 6) is 0.207. The molecule has 21 heavy (non-hydrogen) atoms. The van der Waals surface area contributed by atoms with Crippen molar-refractivity contribution in [2.75, 3.05) is 19.5 Å². The summed E-state index contributed by atoms with van der Waals surface area (Å²) in [6.07, 6.45) is -2.01. The van der Waals surface area contributed by atoms with Gasteiger partial charge in [0.1, 0.15) is 30.1 Å². The van der Waals surface area contributed by atoms with E-state index in [0.29, 0.717) is 5.52 Å². The number of hydrogen-bond donors (Lipinski definition) is 4. The van der Waals surface area contributed by atoms with Crippen LogP contribution in [0, 0.1) is 11.3 Å². The highest BCUT2D eigenvalue weighted by atomic mass is 16.5. The van der Waals surface area contributed by atoms with Gasteiger partial charge in [0.15, 0.2) is 5.82 Å². The quantitative estimate of drug-likeness (QED) is 0.526. The highest BCUT2D eigenvalue weighted by Gasteiger charge is 2.43. The van der Waals surface area contributed by atoms with E-state index in [-0.39, 0.29) is 11.5 Å². The minimum atomic E-state index is -1.94. The largest absolute Gasteiger partial charge is 0.392 e. The molecule has 0 unspecified atom stereocenters.